The lowest BCUT2D eigenvalue weighted by molar-refractivity contribution is -0.132. The first kappa shape index (κ1) is 14.2. The van der Waals surface area contributed by atoms with E-state index in [-0.39, 0.29) is 0 Å². The Morgan fingerprint density at radius 2 is 1.85 bits per heavy atom. The number of allylic oxidation sites excluding steroid dienone is 2. The molecule has 0 aliphatic rings. The summed E-state index contributed by atoms with van der Waals surface area (Å²) in [6.45, 7) is 12.1. The Balaban J connectivity index is 0. The van der Waals surface area contributed by atoms with Crippen LogP contribution >= 0.6 is 0 Å². The Morgan fingerprint density at radius 1 is 1.38 bits per heavy atom. The molecular formula is C11H18O2. The maximum atomic E-state index is 10.1. The van der Waals surface area contributed by atoms with Crippen molar-refractivity contribution in [2.75, 3.05) is 0 Å². The molecule has 1 N–H and O–H groups in total. The van der Waals surface area contributed by atoms with E-state index in [2.05, 4.69) is 19.7 Å². The van der Waals surface area contributed by atoms with Crippen LogP contribution in [0.25, 0.3) is 0 Å². The van der Waals surface area contributed by atoms with Gasteiger partial charge in [-0.05, 0) is 12.8 Å². The van der Waals surface area contributed by atoms with Gasteiger partial charge < -0.3 is 5.11 Å². The van der Waals surface area contributed by atoms with Crippen LogP contribution in [0.1, 0.15) is 26.2 Å². The largest absolute Gasteiger partial charge is 0.478 e. The molecule has 2 heteroatoms. The second-order valence-corrected chi connectivity index (χ2v) is 2.48. The van der Waals surface area contributed by atoms with Gasteiger partial charge in [0.2, 0.25) is 0 Å². The summed E-state index contributed by atoms with van der Waals surface area (Å²) in [5.41, 5.74) is 0.317. The zero-order valence-electron chi connectivity index (χ0n) is 8.25. The molecule has 0 aliphatic heterocycles. The quantitative estimate of drug-likeness (QED) is 0.523. The van der Waals surface area contributed by atoms with Crippen LogP contribution in [0.15, 0.2) is 37.5 Å². The summed E-state index contributed by atoms with van der Waals surface area (Å²) in [6.07, 6.45) is 5.84. The Morgan fingerprint density at radius 3 is 2.08 bits per heavy atom. The minimum absolute atomic E-state index is 0.317. The summed E-state index contributed by atoms with van der Waals surface area (Å²) in [5.74, 6) is -0.872. The van der Waals surface area contributed by atoms with Crippen molar-refractivity contribution in [1.82, 2.24) is 0 Å². The van der Waals surface area contributed by atoms with Crippen LogP contribution in [-0.2, 0) is 4.79 Å². The van der Waals surface area contributed by atoms with Gasteiger partial charge in [0.15, 0.2) is 0 Å². The van der Waals surface area contributed by atoms with Gasteiger partial charge in [0.05, 0.1) is 0 Å². The van der Waals surface area contributed by atoms with E-state index in [4.69, 9.17) is 5.11 Å². The average molecular weight is 182 g/mol. The van der Waals surface area contributed by atoms with Crippen molar-refractivity contribution in [2.45, 2.75) is 26.2 Å². The zero-order chi connectivity index (χ0) is 10.7. The van der Waals surface area contributed by atoms with Gasteiger partial charge in [0.1, 0.15) is 0 Å². The highest BCUT2D eigenvalue weighted by molar-refractivity contribution is 5.85. The molecule has 13 heavy (non-hydrogen) atoms. The minimum atomic E-state index is -0.872. The molecule has 0 aliphatic carbocycles. The third-order valence-corrected chi connectivity index (χ3v) is 1.30. The van der Waals surface area contributed by atoms with Gasteiger partial charge in [-0.3, -0.25) is 0 Å². The van der Waals surface area contributed by atoms with E-state index < -0.39 is 5.97 Å². The number of carboxylic acid groups (broad SMARTS) is 1. The van der Waals surface area contributed by atoms with E-state index in [1.165, 1.54) is 0 Å². The van der Waals surface area contributed by atoms with Crippen molar-refractivity contribution in [3.63, 3.8) is 0 Å². The second kappa shape index (κ2) is 10.7. The van der Waals surface area contributed by atoms with Gasteiger partial charge in [0.25, 0.3) is 0 Å². The van der Waals surface area contributed by atoms with Crippen molar-refractivity contribution >= 4 is 5.97 Å². The smallest absolute Gasteiger partial charge is 0.330 e. The summed E-state index contributed by atoms with van der Waals surface area (Å²) in [5, 5.41) is 8.31. The highest BCUT2D eigenvalue weighted by Gasteiger charge is 2.00. The van der Waals surface area contributed by atoms with Crippen molar-refractivity contribution in [3.05, 3.63) is 37.5 Å². The number of carboxylic acids is 1. The van der Waals surface area contributed by atoms with Gasteiger partial charge >= 0.3 is 5.97 Å². The highest BCUT2D eigenvalue weighted by Crippen LogP contribution is 2.03. The molecule has 0 aromatic carbocycles. The number of carbonyl (C=O) groups is 1. The predicted molar refractivity (Wildman–Crippen MR) is 56.7 cm³/mol. The molecule has 0 bridgehead atoms. The van der Waals surface area contributed by atoms with Gasteiger partial charge in [-0.15, -0.1) is 0 Å². The second-order valence-electron chi connectivity index (χ2n) is 2.48. The molecule has 0 rings (SSSR count). The standard InChI is InChI=1S/C7H12O2.C4H6/c1-3-4-5-6(2)7(8)9;1-3-4-2/h2-5H2,1H3,(H,8,9);3-4H,1-2H2. The van der Waals surface area contributed by atoms with Crippen LogP contribution in [0.5, 0.6) is 0 Å². The number of aliphatic carboxylic acids is 1. The Hall–Kier alpha value is -1.31. The van der Waals surface area contributed by atoms with E-state index in [1.807, 2.05) is 6.92 Å². The maximum absolute atomic E-state index is 10.1. The SMILES string of the molecule is C=C(CCCC)C(=O)O.C=CC=C. The third kappa shape index (κ3) is 13.7. The lowest BCUT2D eigenvalue weighted by atomic mass is 10.1. The number of rotatable bonds is 5. The summed E-state index contributed by atoms with van der Waals surface area (Å²) in [6, 6.07) is 0. The number of hydrogen-bond acceptors (Lipinski definition) is 1. The molecule has 0 atom stereocenters. The van der Waals surface area contributed by atoms with Crippen LogP contribution < -0.4 is 0 Å². The summed E-state index contributed by atoms with van der Waals surface area (Å²) >= 11 is 0. The lowest BCUT2D eigenvalue weighted by Crippen LogP contribution is -1.97. The first-order valence-corrected chi connectivity index (χ1v) is 4.24. The van der Waals surface area contributed by atoms with Crippen LogP contribution in [0.2, 0.25) is 0 Å². The van der Waals surface area contributed by atoms with Gasteiger partial charge in [0, 0.05) is 5.57 Å². The van der Waals surface area contributed by atoms with E-state index in [0.29, 0.717) is 12.0 Å². The molecule has 0 saturated carbocycles. The van der Waals surface area contributed by atoms with Crippen LogP contribution in [0.3, 0.4) is 0 Å². The maximum Gasteiger partial charge on any atom is 0.330 e. The van der Waals surface area contributed by atoms with Gasteiger partial charge in [-0.2, -0.15) is 0 Å². The number of unbranched alkanes of at least 4 members (excludes halogenated alkanes) is 1. The van der Waals surface area contributed by atoms with Crippen molar-refractivity contribution in [1.29, 1.82) is 0 Å². The fourth-order valence-electron chi connectivity index (χ4n) is 0.497. The van der Waals surface area contributed by atoms with E-state index in [1.54, 1.807) is 12.2 Å². The molecule has 74 valence electrons. The van der Waals surface area contributed by atoms with Crippen molar-refractivity contribution in [2.24, 2.45) is 0 Å². The molecule has 0 fully saturated rings. The third-order valence-electron chi connectivity index (χ3n) is 1.30. The Bertz CT molecular complexity index is 175. The molecule has 0 heterocycles. The first-order valence-electron chi connectivity index (χ1n) is 4.24. The first-order chi connectivity index (χ1) is 6.09. The van der Waals surface area contributed by atoms with E-state index in [9.17, 15) is 4.79 Å². The minimum Gasteiger partial charge on any atom is -0.478 e. The topological polar surface area (TPSA) is 37.3 Å². The van der Waals surface area contributed by atoms with Crippen molar-refractivity contribution in [3.8, 4) is 0 Å². The summed E-state index contributed by atoms with van der Waals surface area (Å²) in [7, 11) is 0. The highest BCUT2D eigenvalue weighted by atomic mass is 16.4. The molecule has 2 nitrogen and oxygen atoms in total. The molecule has 0 unspecified atom stereocenters. The van der Waals surface area contributed by atoms with Crippen molar-refractivity contribution < 1.29 is 9.90 Å². The van der Waals surface area contributed by atoms with E-state index >= 15 is 0 Å². The lowest BCUT2D eigenvalue weighted by Gasteiger charge is -1.95. The van der Waals surface area contributed by atoms with Gasteiger partial charge in [-0.25, -0.2) is 4.79 Å². The zero-order valence-corrected chi connectivity index (χ0v) is 8.25. The number of hydrogen-bond donors (Lipinski definition) is 1. The molecule has 0 aromatic heterocycles. The molecule has 0 spiro atoms. The predicted octanol–water partition coefficient (Wildman–Crippen LogP) is 3.18. The van der Waals surface area contributed by atoms with Crippen LogP contribution in [0, 0.1) is 0 Å². The normalized spacial score (nSPS) is 7.77. The molecular weight excluding hydrogens is 164 g/mol. The fourth-order valence-corrected chi connectivity index (χ4v) is 0.497. The molecule has 0 radical (unpaired) electrons. The van der Waals surface area contributed by atoms with Crippen LogP contribution in [-0.4, -0.2) is 11.1 Å². The fraction of sp³-hybridized carbons (Fsp3) is 0.364. The monoisotopic (exact) mass is 182 g/mol. The Labute approximate surface area is 80.3 Å². The molecule has 0 amide bonds. The van der Waals surface area contributed by atoms with E-state index in [0.717, 1.165) is 12.8 Å². The summed E-state index contributed by atoms with van der Waals surface area (Å²) < 4.78 is 0. The van der Waals surface area contributed by atoms with Crippen LogP contribution in [0.4, 0.5) is 0 Å². The molecule has 0 aromatic rings. The molecule has 0 saturated heterocycles. The van der Waals surface area contributed by atoms with Gasteiger partial charge in [-0.1, -0.05) is 45.2 Å². The summed E-state index contributed by atoms with van der Waals surface area (Å²) in [4.78, 5) is 10.1. The Kier molecular flexibility index (Phi) is 11.7. The average Bonchev–Trinajstić information content (AvgIpc) is 2.14.